The van der Waals surface area contributed by atoms with Gasteiger partial charge in [-0.25, -0.2) is 0 Å². The third-order valence-corrected chi connectivity index (χ3v) is 4.52. The van der Waals surface area contributed by atoms with E-state index < -0.39 is 5.79 Å². The second kappa shape index (κ2) is 5.83. The van der Waals surface area contributed by atoms with Crippen LogP contribution < -0.4 is 0 Å². The highest BCUT2D eigenvalue weighted by molar-refractivity contribution is 5.24. The van der Waals surface area contributed by atoms with Gasteiger partial charge in [-0.15, -0.1) is 0 Å². The van der Waals surface area contributed by atoms with Gasteiger partial charge in [0.25, 0.3) is 0 Å². The zero-order valence-corrected chi connectivity index (χ0v) is 13.8. The van der Waals surface area contributed by atoms with Crippen LogP contribution in [0.4, 0.5) is 0 Å². The largest absolute Gasteiger partial charge is 0.372 e. The van der Waals surface area contributed by atoms with Crippen LogP contribution >= 0.6 is 0 Å². The minimum Gasteiger partial charge on any atom is -0.372 e. The lowest BCUT2D eigenvalue weighted by atomic mass is 10.0. The Morgan fingerprint density at radius 3 is 2.52 bits per heavy atom. The van der Waals surface area contributed by atoms with E-state index in [1.165, 1.54) is 5.56 Å². The van der Waals surface area contributed by atoms with E-state index in [1.54, 1.807) is 0 Å². The maximum absolute atomic E-state index is 6.11. The lowest BCUT2D eigenvalue weighted by Gasteiger charge is -2.25. The lowest BCUT2D eigenvalue weighted by Crippen LogP contribution is -2.39. The summed E-state index contributed by atoms with van der Waals surface area (Å²) in [4.78, 5) is 0. The van der Waals surface area contributed by atoms with Gasteiger partial charge in [-0.1, -0.05) is 37.3 Å². The first-order valence-electron chi connectivity index (χ1n) is 8.42. The van der Waals surface area contributed by atoms with E-state index in [0.717, 1.165) is 6.42 Å². The van der Waals surface area contributed by atoms with Gasteiger partial charge in [-0.05, 0) is 25.8 Å². The molecule has 1 aromatic carbocycles. The Bertz CT molecular complexity index is 546. The van der Waals surface area contributed by atoms with Crippen LogP contribution in [-0.2, 0) is 23.7 Å². The van der Waals surface area contributed by atoms with Crippen molar-refractivity contribution in [3.63, 3.8) is 0 Å². The molecule has 0 N–H and O–H groups in total. The molecule has 3 aliphatic heterocycles. The number of hydrogen-bond donors (Lipinski definition) is 0. The molecular formula is C18H24O5. The van der Waals surface area contributed by atoms with Crippen molar-refractivity contribution in [2.24, 2.45) is 0 Å². The Morgan fingerprint density at radius 2 is 1.78 bits per heavy atom. The monoisotopic (exact) mass is 320 g/mol. The number of ether oxygens (including phenoxy) is 5. The van der Waals surface area contributed by atoms with Crippen molar-refractivity contribution in [3.05, 3.63) is 35.9 Å². The van der Waals surface area contributed by atoms with E-state index in [1.807, 2.05) is 32.0 Å². The predicted octanol–water partition coefficient (Wildman–Crippen LogP) is 2.80. The molecule has 0 saturated carbocycles. The normalized spacial score (nSPS) is 41.0. The molecule has 0 amide bonds. The molecule has 0 radical (unpaired) electrons. The Hall–Kier alpha value is -0.980. The van der Waals surface area contributed by atoms with Gasteiger partial charge in [0.1, 0.15) is 30.5 Å². The zero-order valence-electron chi connectivity index (χ0n) is 13.8. The van der Waals surface area contributed by atoms with Crippen LogP contribution in [0.15, 0.2) is 30.3 Å². The summed E-state index contributed by atoms with van der Waals surface area (Å²) in [7, 11) is 0. The second-order valence-corrected chi connectivity index (χ2v) is 6.84. The van der Waals surface area contributed by atoms with Crippen molar-refractivity contribution >= 4 is 0 Å². The third kappa shape index (κ3) is 2.92. The molecule has 3 saturated heterocycles. The highest BCUT2D eigenvalue weighted by Crippen LogP contribution is 2.48. The fourth-order valence-corrected chi connectivity index (χ4v) is 3.50. The Morgan fingerprint density at radius 1 is 1.00 bits per heavy atom. The van der Waals surface area contributed by atoms with Crippen LogP contribution in [0.1, 0.15) is 38.9 Å². The van der Waals surface area contributed by atoms with E-state index in [9.17, 15) is 0 Å². The van der Waals surface area contributed by atoms with E-state index in [0.29, 0.717) is 6.61 Å². The van der Waals surface area contributed by atoms with Gasteiger partial charge in [0.15, 0.2) is 12.1 Å². The molecule has 3 heterocycles. The van der Waals surface area contributed by atoms with Crippen LogP contribution in [0.3, 0.4) is 0 Å². The van der Waals surface area contributed by atoms with Crippen LogP contribution in [0.25, 0.3) is 0 Å². The smallest absolute Gasteiger partial charge is 0.190 e. The average molecular weight is 320 g/mol. The standard InChI is InChI=1S/C18H24O5/c1-4-10-19-13-15(21-17-16(13)22-18(2,3)23-17)14-12(20-14)11-8-6-5-7-9-11/h5-9,12-17H,4,10H2,1-3H3/t12-,13+,14+,15+,16-,17?/m1/s1. The van der Waals surface area contributed by atoms with Crippen molar-refractivity contribution in [1.29, 1.82) is 0 Å². The van der Waals surface area contributed by atoms with E-state index in [4.69, 9.17) is 23.7 Å². The highest BCUT2D eigenvalue weighted by atomic mass is 16.8. The van der Waals surface area contributed by atoms with Crippen LogP contribution in [0.2, 0.25) is 0 Å². The summed E-state index contributed by atoms with van der Waals surface area (Å²) in [5.74, 6) is -0.628. The average Bonchev–Trinajstić information content (AvgIpc) is 3.18. The summed E-state index contributed by atoms with van der Waals surface area (Å²) >= 11 is 0. The first-order chi connectivity index (χ1) is 11.1. The summed E-state index contributed by atoms with van der Waals surface area (Å²) in [6.45, 7) is 6.58. The van der Waals surface area contributed by atoms with Crippen molar-refractivity contribution in [2.75, 3.05) is 6.61 Å². The first kappa shape index (κ1) is 15.5. The second-order valence-electron chi connectivity index (χ2n) is 6.84. The molecule has 6 atom stereocenters. The SMILES string of the molecule is CCCO[C@H]1[C@@H]([C@H]2O[C@@H]2c2ccccc2)OC2OC(C)(C)O[C@@H]21. The minimum absolute atomic E-state index is 0.000156. The zero-order chi connectivity index (χ0) is 16.0. The third-order valence-electron chi connectivity index (χ3n) is 4.52. The van der Waals surface area contributed by atoms with Crippen LogP contribution in [0, 0.1) is 0 Å². The van der Waals surface area contributed by atoms with E-state index >= 15 is 0 Å². The molecule has 3 fully saturated rings. The molecule has 126 valence electrons. The minimum atomic E-state index is -0.628. The van der Waals surface area contributed by atoms with Gasteiger partial charge >= 0.3 is 0 Å². The Balaban J connectivity index is 1.48. The fourth-order valence-electron chi connectivity index (χ4n) is 3.50. The molecule has 0 aliphatic carbocycles. The molecule has 3 aliphatic rings. The molecule has 5 nitrogen and oxygen atoms in total. The van der Waals surface area contributed by atoms with E-state index in [2.05, 4.69) is 19.1 Å². The van der Waals surface area contributed by atoms with Crippen molar-refractivity contribution in [3.8, 4) is 0 Å². The van der Waals surface area contributed by atoms with Crippen LogP contribution in [-0.4, -0.2) is 43.1 Å². The molecule has 0 spiro atoms. The van der Waals surface area contributed by atoms with Gasteiger partial charge in [-0.2, -0.15) is 0 Å². The summed E-state index contributed by atoms with van der Waals surface area (Å²) in [6.07, 6.45) is 0.150. The van der Waals surface area contributed by atoms with Crippen molar-refractivity contribution in [2.45, 2.75) is 69.8 Å². The molecule has 5 heteroatoms. The van der Waals surface area contributed by atoms with Gasteiger partial charge in [0, 0.05) is 6.61 Å². The lowest BCUT2D eigenvalue weighted by molar-refractivity contribution is -0.220. The number of epoxide rings is 1. The summed E-state index contributed by atoms with van der Waals surface area (Å²) in [6, 6.07) is 10.2. The van der Waals surface area contributed by atoms with E-state index in [-0.39, 0.29) is 36.8 Å². The Labute approximate surface area is 136 Å². The van der Waals surface area contributed by atoms with Gasteiger partial charge in [-0.3, -0.25) is 0 Å². The highest BCUT2D eigenvalue weighted by Gasteiger charge is 2.62. The van der Waals surface area contributed by atoms with Gasteiger partial charge in [0.05, 0.1) is 0 Å². The molecular weight excluding hydrogens is 296 g/mol. The van der Waals surface area contributed by atoms with Crippen LogP contribution in [0.5, 0.6) is 0 Å². The quantitative estimate of drug-likeness (QED) is 0.781. The molecule has 1 unspecified atom stereocenters. The molecule has 4 rings (SSSR count). The number of rotatable bonds is 5. The van der Waals surface area contributed by atoms with Gasteiger partial charge in [0.2, 0.25) is 0 Å². The maximum Gasteiger partial charge on any atom is 0.190 e. The summed E-state index contributed by atoms with van der Waals surface area (Å²) in [5, 5.41) is 0. The Kier molecular flexibility index (Phi) is 3.94. The first-order valence-corrected chi connectivity index (χ1v) is 8.42. The molecule has 0 aromatic heterocycles. The summed E-state index contributed by atoms with van der Waals surface area (Å²) < 4.78 is 29.9. The molecule has 0 bridgehead atoms. The van der Waals surface area contributed by atoms with Crippen molar-refractivity contribution in [1.82, 2.24) is 0 Å². The summed E-state index contributed by atoms with van der Waals surface area (Å²) in [5.41, 5.74) is 1.18. The predicted molar refractivity (Wildman–Crippen MR) is 82.8 cm³/mol. The van der Waals surface area contributed by atoms with Gasteiger partial charge < -0.3 is 23.7 Å². The number of benzene rings is 1. The number of hydrogen-bond acceptors (Lipinski definition) is 5. The van der Waals surface area contributed by atoms with Crippen molar-refractivity contribution < 1.29 is 23.7 Å². The number of fused-ring (bicyclic) bond motifs is 1. The molecule has 23 heavy (non-hydrogen) atoms. The maximum atomic E-state index is 6.11. The fraction of sp³-hybridized carbons (Fsp3) is 0.667. The molecule has 1 aromatic rings. The topological polar surface area (TPSA) is 49.5 Å².